The van der Waals surface area contributed by atoms with Gasteiger partial charge >= 0.3 is 0 Å². The lowest BCUT2D eigenvalue weighted by molar-refractivity contribution is 0.102. The fourth-order valence-electron chi connectivity index (χ4n) is 2.07. The zero-order chi connectivity index (χ0) is 18.8. The summed E-state index contributed by atoms with van der Waals surface area (Å²) in [6, 6.07) is 8.38. The number of hydrogen-bond donors (Lipinski definition) is 2. The Morgan fingerprint density at radius 2 is 1.56 bits per heavy atom. The molecule has 2 aromatic rings. The number of carbonyl (C=O) groups is 1. The molecule has 8 heteroatoms. The second-order valence-corrected chi connectivity index (χ2v) is 8.12. The van der Waals surface area contributed by atoms with Gasteiger partial charge in [-0.3, -0.25) is 4.79 Å². The summed E-state index contributed by atoms with van der Waals surface area (Å²) in [7, 11) is -3.84. The molecule has 1 amide bonds. The van der Waals surface area contributed by atoms with E-state index in [-0.39, 0.29) is 10.5 Å². The summed E-state index contributed by atoms with van der Waals surface area (Å²) < 4.78 is 54.4. The molecule has 0 aliphatic carbocycles. The Balaban J connectivity index is 2.31. The van der Waals surface area contributed by atoms with E-state index < -0.39 is 38.8 Å². The van der Waals surface area contributed by atoms with E-state index in [2.05, 4.69) is 10.0 Å². The fraction of sp³-hybridized carbons (Fsp3) is 0.235. The number of rotatable bonds is 4. The Hall–Kier alpha value is -2.32. The van der Waals surface area contributed by atoms with Crippen molar-refractivity contribution in [2.45, 2.75) is 31.2 Å². The van der Waals surface area contributed by atoms with Crippen LogP contribution in [0.1, 0.15) is 31.1 Å². The smallest absolute Gasteiger partial charge is 0.255 e. The number of anilines is 1. The van der Waals surface area contributed by atoms with E-state index in [9.17, 15) is 22.0 Å². The second-order valence-electron chi connectivity index (χ2n) is 6.43. The molecule has 2 aromatic carbocycles. The number of hydrogen-bond acceptors (Lipinski definition) is 3. The van der Waals surface area contributed by atoms with Gasteiger partial charge in [-0.15, -0.1) is 0 Å². The second kappa shape index (κ2) is 6.89. The highest BCUT2D eigenvalue weighted by atomic mass is 32.2. The Labute approximate surface area is 145 Å². The number of benzene rings is 2. The normalized spacial score (nSPS) is 12.0. The van der Waals surface area contributed by atoms with Gasteiger partial charge in [-0.25, -0.2) is 21.9 Å². The summed E-state index contributed by atoms with van der Waals surface area (Å²) in [6.45, 7) is 5.05. The van der Waals surface area contributed by atoms with E-state index in [1.807, 2.05) is 0 Å². The molecule has 0 aliphatic rings. The topological polar surface area (TPSA) is 75.3 Å². The van der Waals surface area contributed by atoms with Crippen LogP contribution in [0.3, 0.4) is 0 Å². The average Bonchev–Trinajstić information content (AvgIpc) is 2.49. The van der Waals surface area contributed by atoms with Crippen LogP contribution in [0, 0.1) is 11.6 Å². The van der Waals surface area contributed by atoms with Crippen LogP contribution in [0.2, 0.25) is 0 Å². The van der Waals surface area contributed by atoms with Crippen LogP contribution in [0.4, 0.5) is 14.5 Å². The number of halogens is 2. The van der Waals surface area contributed by atoms with Crippen LogP contribution >= 0.6 is 0 Å². The van der Waals surface area contributed by atoms with Gasteiger partial charge in [-0.05, 0) is 51.1 Å². The molecule has 0 saturated carbocycles. The lowest BCUT2D eigenvalue weighted by atomic mass is 10.1. The van der Waals surface area contributed by atoms with Crippen molar-refractivity contribution in [1.29, 1.82) is 0 Å². The predicted molar refractivity (Wildman–Crippen MR) is 90.8 cm³/mol. The summed E-state index contributed by atoms with van der Waals surface area (Å²) in [4.78, 5) is 12.1. The van der Waals surface area contributed by atoms with Crippen molar-refractivity contribution < 1.29 is 22.0 Å². The molecule has 0 aliphatic heterocycles. The molecule has 0 unspecified atom stereocenters. The first-order valence-corrected chi connectivity index (χ1v) is 8.87. The van der Waals surface area contributed by atoms with Gasteiger partial charge in [0.1, 0.15) is 17.3 Å². The van der Waals surface area contributed by atoms with Crippen LogP contribution in [-0.2, 0) is 10.0 Å². The Morgan fingerprint density at radius 3 is 2.12 bits per heavy atom. The molecule has 0 heterocycles. The quantitative estimate of drug-likeness (QED) is 0.870. The molecule has 5 nitrogen and oxygen atoms in total. The van der Waals surface area contributed by atoms with Crippen molar-refractivity contribution in [2.75, 3.05) is 5.32 Å². The summed E-state index contributed by atoms with van der Waals surface area (Å²) in [5, 5.41) is 2.12. The Morgan fingerprint density at radius 1 is 1.00 bits per heavy atom. The van der Waals surface area contributed by atoms with Gasteiger partial charge in [0.15, 0.2) is 0 Å². The molecule has 0 fully saturated rings. The molecule has 0 spiro atoms. The Kier molecular flexibility index (Phi) is 5.24. The van der Waals surface area contributed by atoms with Crippen LogP contribution in [0.15, 0.2) is 47.4 Å². The van der Waals surface area contributed by atoms with Gasteiger partial charge in [0.05, 0.1) is 4.90 Å². The fourth-order valence-corrected chi connectivity index (χ4v) is 3.53. The molecule has 2 rings (SSSR count). The maximum atomic E-state index is 13.6. The number of amides is 1. The van der Waals surface area contributed by atoms with E-state index >= 15 is 0 Å². The number of para-hydroxylation sites is 1. The largest absolute Gasteiger partial charge is 0.317 e. The molecular weight excluding hydrogens is 350 g/mol. The highest BCUT2D eigenvalue weighted by Gasteiger charge is 2.23. The van der Waals surface area contributed by atoms with Gasteiger partial charge in [-0.1, -0.05) is 12.1 Å². The van der Waals surface area contributed by atoms with Gasteiger partial charge in [0.2, 0.25) is 10.0 Å². The lowest BCUT2D eigenvalue weighted by Crippen LogP contribution is -2.40. The zero-order valence-electron chi connectivity index (χ0n) is 13.9. The van der Waals surface area contributed by atoms with E-state index in [1.54, 1.807) is 20.8 Å². The van der Waals surface area contributed by atoms with Crippen LogP contribution in [0.5, 0.6) is 0 Å². The molecule has 0 bridgehead atoms. The predicted octanol–water partition coefficient (Wildman–Crippen LogP) is 3.29. The minimum Gasteiger partial charge on any atom is -0.317 e. The maximum Gasteiger partial charge on any atom is 0.255 e. The molecule has 0 aromatic heterocycles. The SMILES string of the molecule is CC(C)(C)NS(=O)(=O)c1cccc(C(=O)Nc2c(F)cccc2F)c1. The van der Waals surface area contributed by atoms with Crippen molar-refractivity contribution >= 4 is 21.6 Å². The monoisotopic (exact) mass is 368 g/mol. The van der Waals surface area contributed by atoms with E-state index in [0.29, 0.717) is 0 Å². The summed E-state index contributed by atoms with van der Waals surface area (Å²) in [6.07, 6.45) is 0. The summed E-state index contributed by atoms with van der Waals surface area (Å²) in [5.41, 5.74) is -1.33. The average molecular weight is 368 g/mol. The first-order chi connectivity index (χ1) is 11.5. The number of carbonyl (C=O) groups excluding carboxylic acids is 1. The first kappa shape index (κ1) is 19.0. The third-order valence-corrected chi connectivity index (χ3v) is 4.80. The molecule has 134 valence electrons. The zero-order valence-corrected chi connectivity index (χ0v) is 14.7. The lowest BCUT2D eigenvalue weighted by Gasteiger charge is -2.20. The summed E-state index contributed by atoms with van der Waals surface area (Å²) in [5.74, 6) is -2.67. The van der Waals surface area contributed by atoms with Crippen molar-refractivity contribution in [2.24, 2.45) is 0 Å². The molecule has 25 heavy (non-hydrogen) atoms. The van der Waals surface area contributed by atoms with Crippen molar-refractivity contribution in [3.63, 3.8) is 0 Å². The Bertz CT molecular complexity index is 886. The highest BCUT2D eigenvalue weighted by Crippen LogP contribution is 2.20. The van der Waals surface area contributed by atoms with E-state index in [4.69, 9.17) is 0 Å². The van der Waals surface area contributed by atoms with Crippen LogP contribution < -0.4 is 10.0 Å². The molecule has 2 N–H and O–H groups in total. The van der Waals surface area contributed by atoms with Gasteiger partial charge in [0.25, 0.3) is 5.91 Å². The standard InChI is InChI=1S/C17H18F2N2O3S/c1-17(2,3)21-25(23,24)12-7-4-6-11(10-12)16(22)20-15-13(18)8-5-9-14(15)19/h4-10,21H,1-3H3,(H,20,22). The highest BCUT2D eigenvalue weighted by molar-refractivity contribution is 7.89. The van der Waals surface area contributed by atoms with Gasteiger partial charge < -0.3 is 5.32 Å². The van der Waals surface area contributed by atoms with Crippen LogP contribution in [0.25, 0.3) is 0 Å². The third-order valence-electron chi connectivity index (χ3n) is 3.05. The van der Waals surface area contributed by atoms with Crippen molar-refractivity contribution in [3.05, 3.63) is 59.7 Å². The minimum absolute atomic E-state index is 0.0422. The minimum atomic E-state index is -3.84. The maximum absolute atomic E-state index is 13.6. The summed E-state index contributed by atoms with van der Waals surface area (Å²) >= 11 is 0. The molecule has 0 atom stereocenters. The van der Waals surface area contributed by atoms with E-state index in [0.717, 1.165) is 18.2 Å². The van der Waals surface area contributed by atoms with Gasteiger partial charge in [0, 0.05) is 11.1 Å². The van der Waals surface area contributed by atoms with Crippen LogP contribution in [-0.4, -0.2) is 19.9 Å². The van der Waals surface area contributed by atoms with Gasteiger partial charge in [-0.2, -0.15) is 0 Å². The van der Waals surface area contributed by atoms with E-state index in [1.165, 1.54) is 24.3 Å². The third kappa shape index (κ3) is 4.83. The first-order valence-electron chi connectivity index (χ1n) is 7.39. The molecule has 0 radical (unpaired) electrons. The number of sulfonamides is 1. The van der Waals surface area contributed by atoms with Crippen molar-refractivity contribution in [3.8, 4) is 0 Å². The molecular formula is C17H18F2N2O3S. The number of nitrogens with one attached hydrogen (secondary N) is 2. The van der Waals surface area contributed by atoms with Crippen molar-refractivity contribution in [1.82, 2.24) is 4.72 Å². The molecule has 0 saturated heterocycles.